The van der Waals surface area contributed by atoms with E-state index < -0.39 is 30.7 Å². The van der Waals surface area contributed by atoms with Crippen LogP contribution in [0.5, 0.6) is 6.01 Å². The minimum Gasteiger partial charge on any atom is -0.467 e. The van der Waals surface area contributed by atoms with E-state index in [9.17, 15) is 26.7 Å². The number of pyridine rings is 1. The molecule has 0 atom stereocenters. The van der Waals surface area contributed by atoms with Gasteiger partial charge in [-0.2, -0.15) is 18.2 Å². The van der Waals surface area contributed by atoms with Crippen LogP contribution in [0.4, 0.5) is 44.3 Å². The number of nitrogens with zero attached hydrogens (tertiary/aromatic N) is 7. The Bertz CT molecular complexity index is 1530. The van der Waals surface area contributed by atoms with Gasteiger partial charge in [0.05, 0.1) is 26.9 Å². The molecule has 2 aliphatic heterocycles. The zero-order valence-electron chi connectivity index (χ0n) is 25.5. The van der Waals surface area contributed by atoms with Crippen LogP contribution in [0.15, 0.2) is 36.9 Å². The van der Waals surface area contributed by atoms with E-state index in [1.807, 2.05) is 0 Å². The number of methoxy groups -OCH3 is 1. The van der Waals surface area contributed by atoms with Crippen LogP contribution in [0.2, 0.25) is 0 Å². The summed E-state index contributed by atoms with van der Waals surface area (Å²) in [5.41, 5.74) is 0.331. The number of hydrogen-bond acceptors (Lipinski definition) is 10. The summed E-state index contributed by atoms with van der Waals surface area (Å²) >= 11 is 0. The fraction of sp³-hybridized carbons (Fsp3) is 0.533. The lowest BCUT2D eigenvalue weighted by Crippen LogP contribution is -2.50. The highest BCUT2D eigenvalue weighted by atomic mass is 19.4. The van der Waals surface area contributed by atoms with Crippen molar-refractivity contribution < 1.29 is 36.2 Å². The lowest BCUT2D eigenvalue weighted by atomic mass is 9.85. The average Bonchev–Trinajstić information content (AvgIpc) is 3.52. The van der Waals surface area contributed by atoms with Crippen LogP contribution in [-0.2, 0) is 10.9 Å². The van der Waals surface area contributed by atoms with Crippen molar-refractivity contribution in [2.24, 2.45) is 5.41 Å². The maximum atomic E-state index is 13.9. The van der Waals surface area contributed by atoms with E-state index in [4.69, 9.17) is 9.47 Å². The maximum absolute atomic E-state index is 13.9. The summed E-state index contributed by atoms with van der Waals surface area (Å²) in [6.07, 6.45) is 0.876. The molecule has 1 aliphatic carbocycles. The Morgan fingerprint density at radius 1 is 1.06 bits per heavy atom. The Balaban J connectivity index is 1.14. The first kappa shape index (κ1) is 32.5. The van der Waals surface area contributed by atoms with Gasteiger partial charge >= 0.3 is 18.2 Å². The summed E-state index contributed by atoms with van der Waals surface area (Å²) in [5, 5.41) is 5.45. The van der Waals surface area contributed by atoms with Crippen LogP contribution in [0.3, 0.4) is 0 Å². The van der Waals surface area contributed by atoms with Gasteiger partial charge in [0.1, 0.15) is 17.2 Å². The van der Waals surface area contributed by atoms with Gasteiger partial charge in [0, 0.05) is 66.5 Å². The molecule has 0 aromatic carbocycles. The number of nitrogens with one attached hydrogen (secondary N) is 2. The van der Waals surface area contributed by atoms with Gasteiger partial charge in [-0.05, 0) is 44.2 Å². The number of carbonyl (C=O) groups excluding carboxylic acids is 1. The van der Waals surface area contributed by atoms with Gasteiger partial charge < -0.3 is 25.0 Å². The number of hydrogen-bond donors (Lipinski definition) is 2. The Hall–Kier alpha value is -4.41. The van der Waals surface area contributed by atoms with E-state index >= 15 is 0 Å². The van der Waals surface area contributed by atoms with Gasteiger partial charge in [-0.25, -0.2) is 33.5 Å². The number of alkyl halides is 5. The largest absolute Gasteiger partial charge is 0.467 e. The first-order chi connectivity index (χ1) is 22.5. The van der Waals surface area contributed by atoms with Crippen molar-refractivity contribution in [3.63, 3.8) is 0 Å². The molecule has 3 aromatic heterocycles. The predicted molar refractivity (Wildman–Crippen MR) is 160 cm³/mol. The minimum atomic E-state index is -4.61. The standard InChI is InChI=1S/C30H34F5N9O3/c1-46-27-38-11-19(12-39-27)18-2-7-24(36-10-18)44(28(45)40-14-23(31)32)21-5-3-20(4-6-21)41-26-37-13-22(30(33,34)35)25(42-26)43-9-8-29(15-43)16-47-17-29/h2,7,10-13,20-21,23H,3-6,8-9,14-17H2,1H3,(H,40,45)(H,37,41,42)/t20-,21-. The zero-order chi connectivity index (χ0) is 33.2. The van der Waals surface area contributed by atoms with Crippen molar-refractivity contribution in [3.05, 3.63) is 42.5 Å². The third-order valence-electron chi connectivity index (χ3n) is 8.79. The van der Waals surface area contributed by atoms with E-state index in [-0.39, 0.29) is 41.1 Å². The minimum absolute atomic E-state index is 0.0913. The number of ether oxygens (including phenoxy) is 2. The summed E-state index contributed by atoms with van der Waals surface area (Å²) < 4.78 is 77.9. The number of aromatic nitrogens is 5. The molecule has 17 heteroatoms. The maximum Gasteiger partial charge on any atom is 0.421 e. The molecule has 2 amide bonds. The van der Waals surface area contributed by atoms with Crippen molar-refractivity contribution in [3.8, 4) is 17.1 Å². The molecule has 2 N–H and O–H groups in total. The van der Waals surface area contributed by atoms with Crippen LogP contribution in [0.25, 0.3) is 11.1 Å². The fourth-order valence-corrected chi connectivity index (χ4v) is 6.26. The van der Waals surface area contributed by atoms with Gasteiger partial charge in [0.2, 0.25) is 5.95 Å². The summed E-state index contributed by atoms with van der Waals surface area (Å²) in [4.78, 5) is 37.1. The lowest BCUT2D eigenvalue weighted by molar-refractivity contribution is -0.137. The molecule has 3 aliphatic rings. The van der Waals surface area contributed by atoms with Crippen molar-refractivity contribution in [1.82, 2.24) is 30.2 Å². The molecule has 2 saturated heterocycles. The van der Waals surface area contributed by atoms with Crippen molar-refractivity contribution >= 4 is 23.6 Å². The van der Waals surface area contributed by atoms with E-state index in [0.29, 0.717) is 63.1 Å². The molecule has 5 heterocycles. The molecule has 3 fully saturated rings. The Morgan fingerprint density at radius 2 is 1.79 bits per heavy atom. The second kappa shape index (κ2) is 13.4. The molecule has 1 spiro atoms. The molecule has 3 aromatic rings. The van der Waals surface area contributed by atoms with Crippen LogP contribution in [0, 0.1) is 5.41 Å². The first-order valence-corrected chi connectivity index (χ1v) is 15.2. The average molecular weight is 664 g/mol. The summed E-state index contributed by atoms with van der Waals surface area (Å²) in [6.45, 7) is 1.12. The smallest absolute Gasteiger partial charge is 0.421 e. The molecule has 0 radical (unpaired) electrons. The lowest BCUT2D eigenvalue weighted by Gasteiger charge is -2.38. The van der Waals surface area contributed by atoms with Crippen molar-refractivity contribution in [2.75, 3.05) is 55.1 Å². The normalized spacial score (nSPS) is 20.6. The summed E-state index contributed by atoms with van der Waals surface area (Å²) in [6, 6.07) is 2.31. The highest BCUT2D eigenvalue weighted by molar-refractivity contribution is 5.91. The number of halogens is 5. The van der Waals surface area contributed by atoms with E-state index in [1.165, 1.54) is 12.0 Å². The third-order valence-corrected chi connectivity index (χ3v) is 8.79. The van der Waals surface area contributed by atoms with E-state index in [2.05, 4.69) is 35.6 Å². The molecule has 1 saturated carbocycles. The SMILES string of the molecule is COc1ncc(-c2ccc(N(C(=O)NCC(F)F)[C@H]3CC[C@H](Nc4ncc(C(F)(F)F)c(N5CCC6(COC6)C5)n4)CC3)nc2)cn1. The van der Waals surface area contributed by atoms with Crippen LogP contribution >= 0.6 is 0 Å². The number of carbonyl (C=O) groups is 1. The van der Waals surface area contributed by atoms with E-state index in [0.717, 1.165) is 12.6 Å². The van der Waals surface area contributed by atoms with Gasteiger partial charge in [-0.15, -0.1) is 0 Å². The Labute approximate surface area is 267 Å². The second-order valence-corrected chi connectivity index (χ2v) is 12.1. The number of anilines is 3. The Morgan fingerprint density at radius 3 is 2.36 bits per heavy atom. The van der Waals surface area contributed by atoms with Crippen LogP contribution in [0.1, 0.15) is 37.7 Å². The summed E-state index contributed by atoms with van der Waals surface area (Å²) in [7, 11) is 1.45. The van der Waals surface area contributed by atoms with Gasteiger partial charge in [-0.3, -0.25) is 4.90 Å². The van der Waals surface area contributed by atoms with E-state index in [1.54, 1.807) is 35.6 Å². The van der Waals surface area contributed by atoms with Crippen LogP contribution in [-0.4, -0.2) is 89.4 Å². The molecule has 12 nitrogen and oxygen atoms in total. The molecule has 0 unspecified atom stereocenters. The van der Waals surface area contributed by atoms with Crippen molar-refractivity contribution in [1.29, 1.82) is 0 Å². The Kier molecular flexibility index (Phi) is 9.25. The quantitative estimate of drug-likeness (QED) is 0.309. The van der Waals surface area contributed by atoms with Gasteiger partial charge in [0.15, 0.2) is 0 Å². The highest BCUT2D eigenvalue weighted by Crippen LogP contribution is 2.43. The van der Waals surface area contributed by atoms with Crippen molar-refractivity contribution in [2.45, 2.75) is 56.8 Å². The monoisotopic (exact) mass is 663 g/mol. The second-order valence-electron chi connectivity index (χ2n) is 12.1. The molecule has 47 heavy (non-hydrogen) atoms. The molecular weight excluding hydrogens is 629 g/mol. The molecular formula is C30H34F5N9O3. The molecule has 252 valence electrons. The highest BCUT2D eigenvalue weighted by Gasteiger charge is 2.47. The zero-order valence-corrected chi connectivity index (χ0v) is 25.5. The predicted octanol–water partition coefficient (Wildman–Crippen LogP) is 4.79. The van der Waals surface area contributed by atoms with Crippen LogP contribution < -0.4 is 25.2 Å². The number of urea groups is 1. The first-order valence-electron chi connectivity index (χ1n) is 15.2. The number of rotatable bonds is 9. The third kappa shape index (κ3) is 7.29. The van der Waals surface area contributed by atoms with Gasteiger partial charge in [-0.1, -0.05) is 0 Å². The molecule has 0 bridgehead atoms. The fourth-order valence-electron chi connectivity index (χ4n) is 6.26. The number of amides is 2. The topological polar surface area (TPSA) is 131 Å². The molecule has 6 rings (SSSR count). The summed E-state index contributed by atoms with van der Waals surface area (Å²) in [5.74, 6) is 0.223. The van der Waals surface area contributed by atoms with Gasteiger partial charge in [0.25, 0.3) is 6.43 Å².